The van der Waals surface area contributed by atoms with Gasteiger partial charge in [-0.3, -0.25) is 4.79 Å². The second-order valence-electron chi connectivity index (χ2n) is 9.43. The van der Waals surface area contributed by atoms with Crippen molar-refractivity contribution in [2.45, 2.75) is 32.1 Å². The molecule has 0 fully saturated rings. The number of methoxy groups -OCH3 is 2. The number of anilines is 2. The van der Waals surface area contributed by atoms with Gasteiger partial charge in [0.25, 0.3) is 5.91 Å². The maximum absolute atomic E-state index is 12.9. The van der Waals surface area contributed by atoms with Gasteiger partial charge in [-0.2, -0.15) is 15.0 Å². The van der Waals surface area contributed by atoms with Gasteiger partial charge in [-0.1, -0.05) is 19.9 Å². The lowest BCUT2D eigenvalue weighted by Gasteiger charge is -2.19. The molecule has 1 amide bonds. The van der Waals surface area contributed by atoms with Crippen LogP contribution in [0.4, 0.5) is 11.6 Å². The Morgan fingerprint density at radius 2 is 1.86 bits per heavy atom. The van der Waals surface area contributed by atoms with E-state index in [1.165, 1.54) is 31.6 Å². The number of ether oxygens (including phenoxy) is 3. The van der Waals surface area contributed by atoms with Crippen LogP contribution in [-0.2, 0) is 11.8 Å². The molecular weight excluding hydrogens is 464 g/mol. The van der Waals surface area contributed by atoms with Crippen LogP contribution in [0.2, 0.25) is 0 Å². The highest BCUT2D eigenvalue weighted by Crippen LogP contribution is 2.40. The lowest BCUT2D eigenvalue weighted by atomic mass is 9.86. The van der Waals surface area contributed by atoms with E-state index in [0.29, 0.717) is 18.2 Å². The summed E-state index contributed by atoms with van der Waals surface area (Å²) in [5, 5.41) is 5.80. The van der Waals surface area contributed by atoms with Crippen molar-refractivity contribution in [3.05, 3.63) is 41.3 Å². The predicted octanol–water partition coefficient (Wildman–Crippen LogP) is 3.72. The molecule has 1 aliphatic rings. The summed E-state index contributed by atoms with van der Waals surface area (Å²) in [7, 11) is 6.83. The molecule has 2 heterocycles. The molecule has 3 aromatic rings. The molecular formula is C25H32N6O5. The van der Waals surface area contributed by atoms with Crippen LogP contribution < -0.4 is 24.8 Å². The first kappa shape index (κ1) is 25.2. The number of fused-ring (bicyclic) bond motifs is 1. The molecule has 0 saturated carbocycles. The largest absolute Gasteiger partial charge is 0.479 e. The smallest absolute Gasteiger partial charge is 0.399 e. The van der Waals surface area contributed by atoms with E-state index in [0.717, 1.165) is 19.4 Å². The van der Waals surface area contributed by atoms with Gasteiger partial charge in [0.2, 0.25) is 17.7 Å². The van der Waals surface area contributed by atoms with Gasteiger partial charge in [-0.25, -0.2) is 0 Å². The standard InChI is InChI=1S/C25H32N6O5/c1-25(2)10-9-15-7-8-16(13-17(15)25)36-24-27-18(14-35-24)20(32)28-19-21(33-5)29-23(30-22(19)34-6)26-11-12-31(3)4/h7-8,13-14H,9-12H2,1-6H3,(H,28,32)(H,26,29,30). The van der Waals surface area contributed by atoms with Crippen LogP contribution in [-0.4, -0.2) is 67.2 Å². The van der Waals surface area contributed by atoms with Crippen LogP contribution in [0, 0.1) is 0 Å². The van der Waals surface area contributed by atoms with Gasteiger partial charge in [-0.05, 0) is 55.6 Å². The molecule has 0 unspecified atom stereocenters. The van der Waals surface area contributed by atoms with E-state index in [9.17, 15) is 4.79 Å². The fourth-order valence-corrected chi connectivity index (χ4v) is 4.03. The van der Waals surface area contributed by atoms with Crippen molar-refractivity contribution < 1.29 is 23.4 Å². The van der Waals surface area contributed by atoms with Gasteiger partial charge < -0.3 is 34.2 Å². The molecule has 4 rings (SSSR count). The summed E-state index contributed by atoms with van der Waals surface area (Å²) >= 11 is 0. The number of rotatable bonds is 10. The van der Waals surface area contributed by atoms with Crippen molar-refractivity contribution in [1.82, 2.24) is 19.9 Å². The third kappa shape index (κ3) is 5.51. The van der Waals surface area contributed by atoms with Crippen LogP contribution in [0.15, 0.2) is 28.9 Å². The van der Waals surface area contributed by atoms with Crippen LogP contribution in [0.3, 0.4) is 0 Å². The normalized spacial score (nSPS) is 13.9. The summed E-state index contributed by atoms with van der Waals surface area (Å²) in [5.74, 6) is 0.647. The molecule has 0 radical (unpaired) electrons. The number of aromatic nitrogens is 3. The lowest BCUT2D eigenvalue weighted by molar-refractivity contribution is 0.102. The summed E-state index contributed by atoms with van der Waals surface area (Å²) in [6.45, 7) is 5.84. The number of amides is 1. The van der Waals surface area contributed by atoms with E-state index in [1.54, 1.807) is 0 Å². The highest BCUT2D eigenvalue weighted by atomic mass is 16.6. The number of likely N-dealkylation sites (N-methyl/N-ethyl adjacent to an activating group) is 1. The van der Waals surface area contributed by atoms with Gasteiger partial charge in [0, 0.05) is 13.1 Å². The summed E-state index contributed by atoms with van der Waals surface area (Å²) in [6, 6.07) is 5.95. The molecule has 11 heteroatoms. The fourth-order valence-electron chi connectivity index (χ4n) is 4.03. The Hall–Kier alpha value is -3.86. The predicted molar refractivity (Wildman–Crippen MR) is 134 cm³/mol. The molecule has 2 aromatic heterocycles. The van der Waals surface area contributed by atoms with E-state index < -0.39 is 5.91 Å². The fraction of sp³-hybridized carbons (Fsp3) is 0.440. The molecule has 0 saturated heterocycles. The first-order valence-corrected chi connectivity index (χ1v) is 11.7. The Morgan fingerprint density at radius 3 is 2.53 bits per heavy atom. The van der Waals surface area contributed by atoms with Crippen LogP contribution >= 0.6 is 0 Å². The van der Waals surface area contributed by atoms with E-state index in [-0.39, 0.29) is 34.6 Å². The molecule has 0 aliphatic heterocycles. The van der Waals surface area contributed by atoms with Crippen LogP contribution in [0.25, 0.3) is 0 Å². The SMILES string of the molecule is COc1nc(NCCN(C)C)nc(OC)c1NC(=O)c1coc(Oc2ccc3c(c2)C(C)(C)CC3)n1. The number of hydrogen-bond acceptors (Lipinski definition) is 10. The van der Waals surface area contributed by atoms with Crippen molar-refractivity contribution in [3.8, 4) is 23.6 Å². The van der Waals surface area contributed by atoms with Crippen molar-refractivity contribution >= 4 is 17.5 Å². The maximum atomic E-state index is 12.9. The topological polar surface area (TPSA) is 124 Å². The van der Waals surface area contributed by atoms with Gasteiger partial charge in [0.1, 0.15) is 12.0 Å². The number of oxazole rings is 1. The van der Waals surface area contributed by atoms with Crippen molar-refractivity contribution in [2.24, 2.45) is 0 Å². The average Bonchev–Trinajstić information content (AvgIpc) is 3.43. The Balaban J connectivity index is 1.47. The lowest BCUT2D eigenvalue weighted by Crippen LogP contribution is -2.22. The van der Waals surface area contributed by atoms with E-state index in [4.69, 9.17) is 18.6 Å². The Morgan fingerprint density at radius 1 is 1.14 bits per heavy atom. The number of hydrogen-bond donors (Lipinski definition) is 2. The molecule has 36 heavy (non-hydrogen) atoms. The minimum Gasteiger partial charge on any atom is -0.479 e. The van der Waals surface area contributed by atoms with Crippen molar-refractivity contribution in [2.75, 3.05) is 52.0 Å². The van der Waals surface area contributed by atoms with Gasteiger partial charge in [0.15, 0.2) is 11.4 Å². The molecule has 2 N–H and O–H groups in total. The molecule has 11 nitrogen and oxygen atoms in total. The zero-order chi connectivity index (χ0) is 25.9. The highest BCUT2D eigenvalue weighted by Gasteiger charge is 2.30. The van der Waals surface area contributed by atoms with Gasteiger partial charge >= 0.3 is 6.08 Å². The number of nitrogens with one attached hydrogen (secondary N) is 2. The summed E-state index contributed by atoms with van der Waals surface area (Å²) < 4.78 is 21.9. The molecule has 0 bridgehead atoms. The molecule has 0 atom stereocenters. The third-order valence-corrected chi connectivity index (χ3v) is 6.06. The second-order valence-corrected chi connectivity index (χ2v) is 9.43. The summed E-state index contributed by atoms with van der Waals surface area (Å²) in [6.07, 6.45) is 3.33. The van der Waals surface area contributed by atoms with Crippen LogP contribution in [0.1, 0.15) is 41.9 Å². The Kier molecular flexibility index (Phi) is 7.30. The van der Waals surface area contributed by atoms with Gasteiger partial charge in [-0.15, -0.1) is 0 Å². The van der Waals surface area contributed by atoms with Crippen molar-refractivity contribution in [3.63, 3.8) is 0 Å². The van der Waals surface area contributed by atoms with Gasteiger partial charge in [0.05, 0.1) is 14.2 Å². The average molecular weight is 497 g/mol. The summed E-state index contributed by atoms with van der Waals surface area (Å²) in [4.78, 5) is 27.7. The number of nitrogens with zero attached hydrogens (tertiary/aromatic N) is 4. The monoisotopic (exact) mass is 496 g/mol. The summed E-state index contributed by atoms with van der Waals surface area (Å²) in [5.41, 5.74) is 2.86. The van der Waals surface area contributed by atoms with Crippen LogP contribution in [0.5, 0.6) is 23.6 Å². The number of aryl methyl sites for hydroxylation is 1. The van der Waals surface area contributed by atoms with E-state index >= 15 is 0 Å². The minimum atomic E-state index is -0.558. The molecule has 0 spiro atoms. The minimum absolute atomic E-state index is 0.0174. The quantitative estimate of drug-likeness (QED) is 0.429. The number of benzene rings is 1. The van der Waals surface area contributed by atoms with Crippen molar-refractivity contribution in [1.29, 1.82) is 0 Å². The first-order chi connectivity index (χ1) is 17.2. The Labute approximate surface area is 210 Å². The maximum Gasteiger partial charge on any atom is 0.399 e. The third-order valence-electron chi connectivity index (χ3n) is 6.06. The van der Waals surface area contributed by atoms with E-state index in [2.05, 4.69) is 45.5 Å². The molecule has 1 aromatic carbocycles. The second kappa shape index (κ2) is 10.4. The Bertz CT molecular complexity index is 1210. The zero-order valence-electron chi connectivity index (χ0n) is 21.5. The molecule has 192 valence electrons. The molecule has 1 aliphatic carbocycles. The number of carbonyl (C=O) groups is 1. The number of carbonyl (C=O) groups excluding carboxylic acids is 1. The van der Waals surface area contributed by atoms with E-state index in [1.807, 2.05) is 31.1 Å². The highest BCUT2D eigenvalue weighted by molar-refractivity contribution is 6.04. The zero-order valence-corrected chi connectivity index (χ0v) is 21.5. The first-order valence-electron chi connectivity index (χ1n) is 11.7.